The Kier molecular flexibility index (Phi) is 3.77. The number of carbonyl (C=O) groups is 1. The van der Waals surface area contributed by atoms with Crippen molar-refractivity contribution in [1.82, 2.24) is 19.3 Å². The number of nitrogens with two attached hydrogens (primary N) is 1. The van der Waals surface area contributed by atoms with Gasteiger partial charge in [0.2, 0.25) is 0 Å². The first-order chi connectivity index (χ1) is 13.5. The first-order valence-corrected chi connectivity index (χ1v) is 9.73. The number of hydrogen-bond acceptors (Lipinski definition) is 5. The summed E-state index contributed by atoms with van der Waals surface area (Å²) in [4.78, 5) is 24.2. The Morgan fingerprint density at radius 2 is 2.14 bits per heavy atom. The molecule has 0 bridgehead atoms. The van der Waals surface area contributed by atoms with E-state index < -0.39 is 5.82 Å². The molecular formula is C20H16FN5OS. The number of nitrogen functional groups attached to an aromatic ring is 1. The van der Waals surface area contributed by atoms with Gasteiger partial charge in [-0.1, -0.05) is 18.2 Å². The zero-order chi connectivity index (χ0) is 19.4. The molecule has 140 valence electrons. The van der Waals surface area contributed by atoms with Crippen LogP contribution in [0.2, 0.25) is 0 Å². The molecule has 0 saturated heterocycles. The lowest BCUT2D eigenvalue weighted by molar-refractivity contribution is 0.0741. The maximum Gasteiger partial charge on any atom is 0.257 e. The fraction of sp³-hybridized carbons (Fsp3) is 0.150. The summed E-state index contributed by atoms with van der Waals surface area (Å²) in [5.74, 6) is 0.0299. The Morgan fingerprint density at radius 3 is 3.00 bits per heavy atom. The molecule has 4 aromatic rings. The number of thioether (sulfide) groups is 1. The van der Waals surface area contributed by atoms with E-state index >= 15 is 0 Å². The summed E-state index contributed by atoms with van der Waals surface area (Å²) >= 11 is 1.70. The van der Waals surface area contributed by atoms with Gasteiger partial charge in [-0.2, -0.15) is 0 Å². The molecule has 28 heavy (non-hydrogen) atoms. The fourth-order valence-corrected chi connectivity index (χ4v) is 4.95. The van der Waals surface area contributed by atoms with Crippen LogP contribution in [0.15, 0.2) is 53.8 Å². The number of rotatable bonds is 2. The number of amides is 1. The molecule has 6 nitrogen and oxygen atoms in total. The number of halogens is 1. The van der Waals surface area contributed by atoms with Crippen LogP contribution in [-0.2, 0) is 0 Å². The molecule has 1 aliphatic rings. The number of anilines is 1. The summed E-state index contributed by atoms with van der Waals surface area (Å²) in [6.45, 7) is 0. The second-order valence-electron chi connectivity index (χ2n) is 6.75. The third-order valence-corrected chi connectivity index (χ3v) is 6.32. The molecule has 3 heterocycles. The van der Waals surface area contributed by atoms with Crippen LogP contribution in [0.25, 0.3) is 16.6 Å². The molecule has 0 aliphatic carbocycles. The van der Waals surface area contributed by atoms with E-state index in [1.54, 1.807) is 40.6 Å². The predicted molar refractivity (Wildman–Crippen MR) is 107 cm³/mol. The predicted octanol–water partition coefficient (Wildman–Crippen LogP) is 3.52. The van der Waals surface area contributed by atoms with E-state index in [4.69, 9.17) is 5.73 Å². The molecule has 8 heteroatoms. The molecule has 0 saturated carbocycles. The molecule has 1 atom stereocenters. The second-order valence-corrected chi connectivity index (χ2v) is 7.81. The molecule has 1 amide bonds. The lowest BCUT2D eigenvalue weighted by Crippen LogP contribution is -2.32. The smallest absolute Gasteiger partial charge is 0.257 e. The first-order valence-electron chi connectivity index (χ1n) is 8.74. The maximum atomic E-state index is 14.8. The van der Waals surface area contributed by atoms with Crippen molar-refractivity contribution >= 4 is 40.0 Å². The van der Waals surface area contributed by atoms with Crippen LogP contribution in [0.4, 0.5) is 10.2 Å². The van der Waals surface area contributed by atoms with Gasteiger partial charge >= 0.3 is 0 Å². The molecule has 2 aromatic heterocycles. The number of nitrogens with zero attached hydrogens (tertiary/aromatic N) is 4. The lowest BCUT2D eigenvalue weighted by Gasteiger charge is -2.25. The maximum absolute atomic E-state index is 14.8. The highest BCUT2D eigenvalue weighted by Crippen LogP contribution is 2.41. The number of carbonyl (C=O) groups excluding carboxylic acids is 1. The summed E-state index contributed by atoms with van der Waals surface area (Å²) in [6, 6.07) is 10.7. The van der Waals surface area contributed by atoms with Gasteiger partial charge in [-0.15, -0.1) is 11.8 Å². The van der Waals surface area contributed by atoms with Crippen molar-refractivity contribution in [2.45, 2.75) is 10.9 Å². The number of benzene rings is 2. The zero-order valence-electron chi connectivity index (χ0n) is 15.0. The monoisotopic (exact) mass is 393 g/mol. The van der Waals surface area contributed by atoms with Gasteiger partial charge in [0.05, 0.1) is 35.2 Å². The highest BCUT2D eigenvalue weighted by atomic mass is 32.2. The number of aromatic nitrogens is 3. The van der Waals surface area contributed by atoms with E-state index in [2.05, 4.69) is 9.97 Å². The summed E-state index contributed by atoms with van der Waals surface area (Å²) in [5, 5.41) is 0. The van der Waals surface area contributed by atoms with Crippen molar-refractivity contribution in [1.29, 1.82) is 0 Å². The molecule has 0 fully saturated rings. The van der Waals surface area contributed by atoms with Crippen LogP contribution in [-0.4, -0.2) is 38.0 Å². The van der Waals surface area contributed by atoms with Crippen molar-refractivity contribution in [3.63, 3.8) is 0 Å². The van der Waals surface area contributed by atoms with E-state index in [9.17, 15) is 9.18 Å². The van der Waals surface area contributed by atoms with Gasteiger partial charge in [-0.05, 0) is 17.7 Å². The molecule has 0 spiro atoms. The lowest BCUT2D eigenvalue weighted by atomic mass is 10.1. The minimum Gasteiger partial charge on any atom is -0.382 e. The fourth-order valence-electron chi connectivity index (χ4n) is 3.66. The molecular weight excluding hydrogens is 377 g/mol. The summed E-state index contributed by atoms with van der Waals surface area (Å²) in [7, 11) is 1.72. The van der Waals surface area contributed by atoms with Crippen LogP contribution < -0.4 is 5.73 Å². The van der Waals surface area contributed by atoms with E-state index in [0.717, 1.165) is 16.2 Å². The Hall–Kier alpha value is -3.13. The minimum atomic E-state index is -0.616. The third kappa shape index (κ3) is 2.45. The third-order valence-electron chi connectivity index (χ3n) is 5.16. The van der Waals surface area contributed by atoms with Crippen molar-refractivity contribution < 1.29 is 9.18 Å². The summed E-state index contributed by atoms with van der Waals surface area (Å²) in [5.41, 5.74) is 8.60. The van der Waals surface area contributed by atoms with Crippen molar-refractivity contribution in [3.05, 3.63) is 65.9 Å². The van der Waals surface area contributed by atoms with Gasteiger partial charge in [-0.25, -0.2) is 14.4 Å². The van der Waals surface area contributed by atoms with Gasteiger partial charge in [-0.3, -0.25) is 9.20 Å². The molecule has 0 unspecified atom stereocenters. The Bertz CT molecular complexity index is 1250. The average Bonchev–Trinajstić information content (AvgIpc) is 3.34. The van der Waals surface area contributed by atoms with Crippen LogP contribution in [0.3, 0.4) is 0 Å². The van der Waals surface area contributed by atoms with Crippen LogP contribution >= 0.6 is 11.8 Å². The Balaban J connectivity index is 1.60. The number of imidazole rings is 1. The average molecular weight is 393 g/mol. The molecule has 2 N–H and O–H groups in total. The van der Waals surface area contributed by atoms with Crippen LogP contribution in [0, 0.1) is 5.82 Å². The molecule has 0 radical (unpaired) electrons. The van der Waals surface area contributed by atoms with Gasteiger partial charge in [0.25, 0.3) is 5.91 Å². The number of fused-ring (bicyclic) bond motifs is 4. The highest BCUT2D eigenvalue weighted by molar-refractivity contribution is 7.99. The van der Waals surface area contributed by atoms with E-state index in [1.807, 2.05) is 24.3 Å². The van der Waals surface area contributed by atoms with Gasteiger partial charge in [0, 0.05) is 23.8 Å². The van der Waals surface area contributed by atoms with E-state index in [0.29, 0.717) is 16.6 Å². The van der Waals surface area contributed by atoms with E-state index in [-0.39, 0.29) is 23.3 Å². The highest BCUT2D eigenvalue weighted by Gasteiger charge is 2.30. The second kappa shape index (κ2) is 6.20. The first kappa shape index (κ1) is 17.0. The van der Waals surface area contributed by atoms with Crippen molar-refractivity contribution in [3.8, 4) is 0 Å². The zero-order valence-corrected chi connectivity index (χ0v) is 15.8. The van der Waals surface area contributed by atoms with Crippen molar-refractivity contribution in [2.24, 2.45) is 0 Å². The Labute approximate surface area is 164 Å². The molecule has 5 rings (SSSR count). The molecule has 1 aliphatic heterocycles. The summed E-state index contributed by atoms with van der Waals surface area (Å²) < 4.78 is 16.5. The quantitative estimate of drug-likeness (QED) is 0.564. The molecule has 2 aromatic carbocycles. The standard InChI is InChI=1S/C20H16FN5OS/c1-25(17-9-28-18-5-3-2-4-11(17)18)20(27)12-6-15-14(7-13(12)21)24-19(22)16-8-23-10-26(15)16/h2-8,10,17H,9H2,1H3,(H2,22,24)/t17-/m1/s1. The van der Waals surface area contributed by atoms with Gasteiger partial charge < -0.3 is 10.6 Å². The van der Waals surface area contributed by atoms with Gasteiger partial charge in [0.15, 0.2) is 0 Å². The largest absolute Gasteiger partial charge is 0.382 e. The van der Waals surface area contributed by atoms with E-state index in [1.165, 1.54) is 12.1 Å². The normalized spacial score (nSPS) is 15.9. The topological polar surface area (TPSA) is 76.5 Å². The minimum absolute atomic E-state index is 0.00551. The van der Waals surface area contributed by atoms with Crippen molar-refractivity contribution in [2.75, 3.05) is 18.5 Å². The SMILES string of the molecule is CN(C(=O)c1cc2c(cc1F)nc(N)c1cncn12)[C@@H]1CSc2ccccc21. The van der Waals surface area contributed by atoms with Gasteiger partial charge in [0.1, 0.15) is 17.2 Å². The van der Waals surface area contributed by atoms with Crippen LogP contribution in [0.5, 0.6) is 0 Å². The van der Waals surface area contributed by atoms with Crippen LogP contribution in [0.1, 0.15) is 22.0 Å². The summed E-state index contributed by atoms with van der Waals surface area (Å²) in [6.07, 6.45) is 3.17. The number of hydrogen-bond donors (Lipinski definition) is 1. The Morgan fingerprint density at radius 1 is 1.32 bits per heavy atom.